The average Bonchev–Trinajstić information content (AvgIpc) is 3.28. The van der Waals surface area contributed by atoms with E-state index in [1.807, 2.05) is 6.08 Å². The molecule has 4 unspecified atom stereocenters. The second-order valence-electron chi connectivity index (χ2n) is 11.2. The second-order valence-corrected chi connectivity index (χ2v) is 11.2. The Kier molecular flexibility index (Phi) is 4.54. The maximum atomic E-state index is 11.7. The maximum Gasteiger partial charge on any atom is 0.303 e. The van der Waals surface area contributed by atoms with Gasteiger partial charge >= 0.3 is 5.97 Å². The van der Waals surface area contributed by atoms with Crippen LogP contribution in [-0.4, -0.2) is 30.6 Å². The van der Waals surface area contributed by atoms with Crippen molar-refractivity contribution in [1.82, 2.24) is 0 Å². The van der Waals surface area contributed by atoms with Crippen molar-refractivity contribution in [3.05, 3.63) is 12.7 Å². The Hall–Kier alpha value is -0.870. The van der Waals surface area contributed by atoms with Crippen molar-refractivity contribution in [3.63, 3.8) is 0 Å². The Morgan fingerprint density at radius 3 is 2.41 bits per heavy atom. The van der Waals surface area contributed by atoms with Crippen LogP contribution in [0, 0.1) is 34.5 Å². The fourth-order valence-corrected chi connectivity index (χ4v) is 8.75. The number of hydrogen-bond donors (Lipinski definition) is 0. The molecule has 0 bridgehead atoms. The van der Waals surface area contributed by atoms with Crippen molar-refractivity contribution in [1.29, 1.82) is 0 Å². The highest BCUT2D eigenvalue weighted by Crippen LogP contribution is 2.70. The molecule has 5 aliphatic rings. The van der Waals surface area contributed by atoms with Gasteiger partial charge in [0.1, 0.15) is 5.60 Å². The highest BCUT2D eigenvalue weighted by atomic mass is 16.7. The SMILES string of the molecule is C=CC1(OC(C)=O)CC[C@]2(C)C3CC[C@@]4(C)C(CCC45OCCO5)C3CC[C@H]2C1. The van der Waals surface area contributed by atoms with Crippen LogP contribution >= 0.6 is 0 Å². The average molecular weight is 403 g/mol. The maximum absolute atomic E-state index is 11.7. The molecule has 0 aromatic heterocycles. The predicted octanol–water partition coefficient (Wildman–Crippen LogP) is 5.26. The van der Waals surface area contributed by atoms with Gasteiger partial charge in [-0.05, 0) is 86.5 Å². The van der Waals surface area contributed by atoms with Crippen LogP contribution < -0.4 is 0 Å². The lowest BCUT2D eigenvalue weighted by Gasteiger charge is -2.62. The molecule has 1 heterocycles. The Labute approximate surface area is 175 Å². The molecular formula is C25H38O4. The molecule has 0 radical (unpaired) electrons. The molecule has 1 spiro atoms. The van der Waals surface area contributed by atoms with E-state index in [-0.39, 0.29) is 17.2 Å². The Morgan fingerprint density at radius 2 is 1.72 bits per heavy atom. The molecule has 162 valence electrons. The van der Waals surface area contributed by atoms with Crippen molar-refractivity contribution in [2.75, 3.05) is 13.2 Å². The molecule has 29 heavy (non-hydrogen) atoms. The first kappa shape index (κ1) is 20.1. The van der Waals surface area contributed by atoms with Crippen LogP contribution in [0.4, 0.5) is 0 Å². The summed E-state index contributed by atoms with van der Waals surface area (Å²) in [6, 6.07) is 0. The van der Waals surface area contributed by atoms with Crippen LogP contribution in [0.15, 0.2) is 12.7 Å². The van der Waals surface area contributed by atoms with Gasteiger partial charge in [0.25, 0.3) is 0 Å². The molecule has 0 N–H and O–H groups in total. The molecule has 7 atom stereocenters. The van der Waals surface area contributed by atoms with Gasteiger partial charge < -0.3 is 14.2 Å². The molecule has 5 fully saturated rings. The van der Waals surface area contributed by atoms with Gasteiger partial charge in [0.05, 0.1) is 13.2 Å². The van der Waals surface area contributed by atoms with Crippen LogP contribution in [0.1, 0.15) is 78.6 Å². The van der Waals surface area contributed by atoms with E-state index in [9.17, 15) is 4.79 Å². The Morgan fingerprint density at radius 1 is 1.00 bits per heavy atom. The zero-order valence-corrected chi connectivity index (χ0v) is 18.5. The molecule has 0 amide bonds. The van der Waals surface area contributed by atoms with Crippen molar-refractivity contribution >= 4 is 5.97 Å². The lowest BCUT2D eigenvalue weighted by atomic mass is 9.44. The van der Waals surface area contributed by atoms with Crippen LogP contribution in [0.25, 0.3) is 0 Å². The van der Waals surface area contributed by atoms with Gasteiger partial charge in [-0.1, -0.05) is 20.4 Å². The zero-order valence-electron chi connectivity index (χ0n) is 18.5. The molecule has 1 saturated heterocycles. The normalized spacial score (nSPS) is 50.4. The van der Waals surface area contributed by atoms with E-state index in [4.69, 9.17) is 14.2 Å². The highest BCUT2D eigenvalue weighted by Gasteiger charge is 2.67. The van der Waals surface area contributed by atoms with Crippen molar-refractivity contribution < 1.29 is 19.0 Å². The number of ether oxygens (including phenoxy) is 3. The minimum absolute atomic E-state index is 0.172. The summed E-state index contributed by atoms with van der Waals surface area (Å²) in [6.07, 6.45) is 12.3. The van der Waals surface area contributed by atoms with Crippen LogP contribution in [0.5, 0.6) is 0 Å². The summed E-state index contributed by atoms with van der Waals surface area (Å²) in [5.41, 5.74) is 0.0736. The van der Waals surface area contributed by atoms with E-state index < -0.39 is 5.60 Å². The summed E-state index contributed by atoms with van der Waals surface area (Å²) in [6.45, 7) is 12.1. The molecule has 4 aliphatic carbocycles. The van der Waals surface area contributed by atoms with Gasteiger partial charge in [-0.15, -0.1) is 0 Å². The number of rotatable bonds is 2. The quantitative estimate of drug-likeness (QED) is 0.467. The number of carbonyl (C=O) groups excluding carboxylic acids is 1. The highest BCUT2D eigenvalue weighted by molar-refractivity contribution is 5.66. The first-order valence-corrected chi connectivity index (χ1v) is 11.9. The van der Waals surface area contributed by atoms with Gasteiger partial charge in [-0.2, -0.15) is 0 Å². The van der Waals surface area contributed by atoms with E-state index >= 15 is 0 Å². The van der Waals surface area contributed by atoms with E-state index in [1.54, 1.807) is 0 Å². The smallest absolute Gasteiger partial charge is 0.303 e. The molecule has 4 heteroatoms. The number of hydrogen-bond acceptors (Lipinski definition) is 4. The Bertz CT molecular complexity index is 697. The summed E-state index contributed by atoms with van der Waals surface area (Å²) in [5.74, 6) is 2.41. The second kappa shape index (κ2) is 6.56. The van der Waals surface area contributed by atoms with Crippen LogP contribution in [-0.2, 0) is 19.0 Å². The summed E-state index contributed by atoms with van der Waals surface area (Å²) >= 11 is 0. The van der Waals surface area contributed by atoms with E-state index in [0.29, 0.717) is 11.3 Å². The summed E-state index contributed by atoms with van der Waals surface area (Å²) in [4.78, 5) is 11.7. The summed E-state index contributed by atoms with van der Waals surface area (Å²) < 4.78 is 18.4. The lowest BCUT2D eigenvalue weighted by molar-refractivity contribution is -0.248. The molecule has 0 aromatic rings. The van der Waals surface area contributed by atoms with Gasteiger partial charge in [-0.25, -0.2) is 0 Å². The lowest BCUT2D eigenvalue weighted by Crippen LogP contribution is -2.58. The first-order chi connectivity index (χ1) is 13.8. The van der Waals surface area contributed by atoms with Crippen LogP contribution in [0.3, 0.4) is 0 Å². The largest absolute Gasteiger partial charge is 0.455 e. The van der Waals surface area contributed by atoms with E-state index in [0.717, 1.165) is 56.7 Å². The standard InChI is InChI=1S/C25H38O4/c1-5-24(29-17(2)26)13-12-22(3)18(16-24)6-7-19-20(22)8-10-23(4)21(19)9-11-25(23)27-14-15-28-25/h5,18-21H,1,6-16H2,2-4H3/t18-,19?,20?,21?,22-,23-,24?/m0/s1. The van der Waals surface area contributed by atoms with E-state index in [1.165, 1.54) is 39.0 Å². The third-order valence-corrected chi connectivity index (χ3v) is 10.3. The van der Waals surface area contributed by atoms with Gasteiger partial charge in [0.2, 0.25) is 0 Å². The molecule has 0 aromatic carbocycles. The number of fused-ring (bicyclic) bond motifs is 6. The molecule has 4 saturated carbocycles. The third kappa shape index (κ3) is 2.67. The van der Waals surface area contributed by atoms with Crippen LogP contribution in [0.2, 0.25) is 0 Å². The minimum Gasteiger partial charge on any atom is -0.455 e. The van der Waals surface area contributed by atoms with Gasteiger partial charge in [0.15, 0.2) is 5.79 Å². The molecule has 4 nitrogen and oxygen atoms in total. The topological polar surface area (TPSA) is 44.8 Å². The fraction of sp³-hybridized carbons (Fsp3) is 0.880. The number of esters is 1. The fourth-order valence-electron chi connectivity index (χ4n) is 8.75. The molecular weight excluding hydrogens is 364 g/mol. The third-order valence-electron chi connectivity index (χ3n) is 10.3. The van der Waals surface area contributed by atoms with Gasteiger partial charge in [0, 0.05) is 18.8 Å². The zero-order chi connectivity index (χ0) is 20.5. The van der Waals surface area contributed by atoms with Crippen molar-refractivity contribution in [2.24, 2.45) is 34.5 Å². The van der Waals surface area contributed by atoms with E-state index in [2.05, 4.69) is 20.4 Å². The Balaban J connectivity index is 1.39. The number of carbonyl (C=O) groups is 1. The van der Waals surface area contributed by atoms with Gasteiger partial charge in [-0.3, -0.25) is 4.79 Å². The predicted molar refractivity (Wildman–Crippen MR) is 111 cm³/mol. The van der Waals surface area contributed by atoms with Crippen molar-refractivity contribution in [2.45, 2.75) is 89.9 Å². The van der Waals surface area contributed by atoms with Crippen molar-refractivity contribution in [3.8, 4) is 0 Å². The monoisotopic (exact) mass is 402 g/mol. The molecule has 1 aliphatic heterocycles. The molecule has 5 rings (SSSR count). The summed E-state index contributed by atoms with van der Waals surface area (Å²) in [7, 11) is 0. The first-order valence-electron chi connectivity index (χ1n) is 11.9. The minimum atomic E-state index is -0.449. The summed E-state index contributed by atoms with van der Waals surface area (Å²) in [5, 5.41) is 0.